The number of carbonyl (C=O) groups excluding carboxylic acids is 4. The first-order valence-electron chi connectivity index (χ1n) is 14.4. The van der Waals surface area contributed by atoms with Gasteiger partial charge in [0.2, 0.25) is 23.6 Å². The van der Waals surface area contributed by atoms with Gasteiger partial charge in [-0.05, 0) is 66.1 Å². The highest BCUT2D eigenvalue weighted by atomic mass is 16.3. The van der Waals surface area contributed by atoms with Crippen molar-refractivity contribution in [3.05, 3.63) is 77.9 Å². The van der Waals surface area contributed by atoms with Crippen LogP contribution in [0.15, 0.2) is 66.7 Å². The SMILES string of the molecule is NC(=O)[C@@H]1CCCN1C(=O)[C@@H](Cc1cccc2ccccc12)NC(=O)[C@@H]1CCCN1C(=O)[C@@H](N)Cc1ccc(O)cc1. The standard InChI is InChI=1S/C32H37N5O5/c33-25(18-20-12-14-23(38)15-13-20)31(41)37-17-5-11-28(37)30(40)35-26(32(42)36-16-4-10-27(36)29(34)39)19-22-8-3-7-21-6-1-2-9-24(21)22/h1-3,6-9,12-15,25-28,38H,4-5,10-11,16-19,33H2,(H2,34,39)(H,35,40)/t25-,26+,27-,28-/m0/s1. The minimum absolute atomic E-state index is 0.124. The minimum Gasteiger partial charge on any atom is -0.508 e. The lowest BCUT2D eigenvalue weighted by molar-refractivity contribution is -0.143. The normalized spacial score (nSPS) is 19.9. The number of phenolic OH excluding ortho intramolecular Hbond substituents is 1. The number of hydrogen-bond donors (Lipinski definition) is 4. The Hall–Kier alpha value is -4.44. The number of nitrogens with two attached hydrogens (primary N) is 2. The first-order valence-corrected chi connectivity index (χ1v) is 14.4. The molecule has 4 amide bonds. The van der Waals surface area contributed by atoms with Gasteiger partial charge in [-0.2, -0.15) is 0 Å². The molecule has 6 N–H and O–H groups in total. The summed E-state index contributed by atoms with van der Waals surface area (Å²) in [7, 11) is 0. The number of rotatable bonds is 9. The molecule has 2 aliphatic rings. The van der Waals surface area contributed by atoms with E-state index in [0.29, 0.717) is 38.8 Å². The zero-order valence-corrected chi connectivity index (χ0v) is 23.4. The lowest BCUT2D eigenvalue weighted by atomic mass is 9.97. The third kappa shape index (κ3) is 6.23. The molecule has 0 radical (unpaired) electrons. The molecule has 0 aromatic heterocycles. The molecule has 5 rings (SSSR count). The second-order valence-corrected chi connectivity index (χ2v) is 11.2. The van der Waals surface area contributed by atoms with Crippen molar-refractivity contribution in [3.8, 4) is 5.75 Å². The van der Waals surface area contributed by atoms with Crippen LogP contribution in [0.2, 0.25) is 0 Å². The van der Waals surface area contributed by atoms with Crippen LogP contribution in [-0.4, -0.2) is 75.8 Å². The smallest absolute Gasteiger partial charge is 0.246 e. The Kier molecular flexibility index (Phi) is 8.72. The second-order valence-electron chi connectivity index (χ2n) is 11.2. The molecule has 4 atom stereocenters. The first kappa shape index (κ1) is 29.1. The van der Waals surface area contributed by atoms with E-state index in [9.17, 15) is 24.3 Å². The highest BCUT2D eigenvalue weighted by molar-refractivity contribution is 5.96. The fourth-order valence-corrected chi connectivity index (χ4v) is 6.17. The van der Waals surface area contributed by atoms with E-state index < -0.39 is 36.0 Å². The molecule has 2 heterocycles. The molecule has 220 valence electrons. The van der Waals surface area contributed by atoms with Gasteiger partial charge >= 0.3 is 0 Å². The van der Waals surface area contributed by atoms with E-state index >= 15 is 0 Å². The Labute approximate surface area is 244 Å². The average Bonchev–Trinajstić information content (AvgIpc) is 3.68. The first-order chi connectivity index (χ1) is 20.2. The van der Waals surface area contributed by atoms with Crippen LogP contribution in [0.1, 0.15) is 36.8 Å². The van der Waals surface area contributed by atoms with Crippen molar-refractivity contribution in [2.75, 3.05) is 13.1 Å². The minimum atomic E-state index is -0.952. The number of amides is 4. The van der Waals surface area contributed by atoms with Crippen LogP contribution in [0.3, 0.4) is 0 Å². The second kappa shape index (κ2) is 12.6. The van der Waals surface area contributed by atoms with Crippen LogP contribution in [-0.2, 0) is 32.0 Å². The molecule has 10 nitrogen and oxygen atoms in total. The fraction of sp³-hybridized carbons (Fsp3) is 0.375. The molecule has 3 aromatic carbocycles. The number of benzene rings is 3. The number of nitrogens with zero attached hydrogens (tertiary/aromatic N) is 2. The van der Waals surface area contributed by atoms with Crippen LogP contribution >= 0.6 is 0 Å². The molecular formula is C32H37N5O5. The molecule has 2 fully saturated rings. The lowest BCUT2D eigenvalue weighted by Gasteiger charge is -2.31. The summed E-state index contributed by atoms with van der Waals surface area (Å²) < 4.78 is 0. The molecule has 0 aliphatic carbocycles. The summed E-state index contributed by atoms with van der Waals surface area (Å²) in [4.78, 5) is 56.1. The van der Waals surface area contributed by atoms with Gasteiger partial charge in [-0.15, -0.1) is 0 Å². The van der Waals surface area contributed by atoms with Crippen molar-refractivity contribution < 1.29 is 24.3 Å². The molecule has 0 spiro atoms. The van der Waals surface area contributed by atoms with Crippen LogP contribution < -0.4 is 16.8 Å². The molecule has 3 aromatic rings. The molecule has 42 heavy (non-hydrogen) atoms. The van der Waals surface area contributed by atoms with Gasteiger partial charge in [0.1, 0.15) is 23.9 Å². The van der Waals surface area contributed by atoms with Gasteiger partial charge in [0.15, 0.2) is 0 Å². The monoisotopic (exact) mass is 571 g/mol. The number of likely N-dealkylation sites (tertiary alicyclic amines) is 2. The van der Waals surface area contributed by atoms with Crippen molar-refractivity contribution in [3.63, 3.8) is 0 Å². The fourth-order valence-electron chi connectivity index (χ4n) is 6.17. The van der Waals surface area contributed by atoms with Gasteiger partial charge in [0.05, 0.1) is 6.04 Å². The summed E-state index contributed by atoms with van der Waals surface area (Å²) in [5.74, 6) is -1.57. The van der Waals surface area contributed by atoms with E-state index in [2.05, 4.69) is 5.32 Å². The quantitative estimate of drug-likeness (QED) is 0.305. The summed E-state index contributed by atoms with van der Waals surface area (Å²) in [5, 5.41) is 14.5. The highest BCUT2D eigenvalue weighted by Gasteiger charge is 2.40. The van der Waals surface area contributed by atoms with E-state index in [1.807, 2.05) is 42.5 Å². The molecule has 0 bridgehead atoms. The number of fused-ring (bicyclic) bond motifs is 1. The van der Waals surface area contributed by atoms with Gasteiger partial charge in [0.25, 0.3) is 0 Å². The van der Waals surface area contributed by atoms with Crippen LogP contribution in [0.5, 0.6) is 5.75 Å². The Morgan fingerprint density at radius 1 is 0.833 bits per heavy atom. The Morgan fingerprint density at radius 3 is 2.19 bits per heavy atom. The van der Waals surface area contributed by atoms with Crippen LogP contribution in [0.4, 0.5) is 0 Å². The Bertz CT molecular complexity index is 1470. The van der Waals surface area contributed by atoms with E-state index in [1.165, 1.54) is 21.9 Å². The van der Waals surface area contributed by atoms with Crippen molar-refractivity contribution in [1.82, 2.24) is 15.1 Å². The van der Waals surface area contributed by atoms with Gasteiger partial charge in [-0.3, -0.25) is 19.2 Å². The number of carbonyl (C=O) groups is 4. The van der Waals surface area contributed by atoms with Gasteiger partial charge < -0.3 is 31.7 Å². The molecule has 2 aliphatic heterocycles. The Balaban J connectivity index is 1.36. The van der Waals surface area contributed by atoms with Crippen molar-refractivity contribution in [1.29, 1.82) is 0 Å². The van der Waals surface area contributed by atoms with E-state index in [1.54, 1.807) is 12.1 Å². The van der Waals surface area contributed by atoms with Gasteiger partial charge in [-0.1, -0.05) is 54.6 Å². The third-order valence-corrected chi connectivity index (χ3v) is 8.33. The van der Waals surface area contributed by atoms with Crippen molar-refractivity contribution in [2.45, 2.75) is 62.7 Å². The number of hydrogen-bond acceptors (Lipinski definition) is 6. The molecule has 0 saturated carbocycles. The van der Waals surface area contributed by atoms with Gasteiger partial charge in [0, 0.05) is 19.5 Å². The van der Waals surface area contributed by atoms with E-state index in [4.69, 9.17) is 11.5 Å². The zero-order chi connectivity index (χ0) is 29.8. The predicted octanol–water partition coefficient (Wildman–Crippen LogP) is 1.61. The van der Waals surface area contributed by atoms with Crippen molar-refractivity contribution >= 4 is 34.4 Å². The number of phenols is 1. The molecular weight excluding hydrogens is 534 g/mol. The molecule has 2 saturated heterocycles. The number of primary amides is 1. The van der Waals surface area contributed by atoms with E-state index in [-0.39, 0.29) is 30.4 Å². The largest absolute Gasteiger partial charge is 0.508 e. The maximum Gasteiger partial charge on any atom is 0.246 e. The topological polar surface area (TPSA) is 159 Å². The summed E-state index contributed by atoms with van der Waals surface area (Å²) in [6.45, 7) is 0.770. The Morgan fingerprint density at radius 2 is 1.48 bits per heavy atom. The molecule has 0 unspecified atom stereocenters. The van der Waals surface area contributed by atoms with Crippen LogP contribution in [0, 0.1) is 0 Å². The maximum atomic E-state index is 13.9. The average molecular weight is 572 g/mol. The molecule has 10 heteroatoms. The summed E-state index contributed by atoms with van der Waals surface area (Å²) >= 11 is 0. The van der Waals surface area contributed by atoms with E-state index in [0.717, 1.165) is 21.9 Å². The van der Waals surface area contributed by atoms with Crippen molar-refractivity contribution in [2.24, 2.45) is 11.5 Å². The van der Waals surface area contributed by atoms with Crippen LogP contribution in [0.25, 0.3) is 10.8 Å². The lowest BCUT2D eigenvalue weighted by Crippen LogP contribution is -2.57. The number of nitrogens with one attached hydrogen (secondary N) is 1. The number of aromatic hydroxyl groups is 1. The predicted molar refractivity (Wildman–Crippen MR) is 158 cm³/mol. The third-order valence-electron chi connectivity index (χ3n) is 8.33. The zero-order valence-electron chi connectivity index (χ0n) is 23.4. The van der Waals surface area contributed by atoms with Gasteiger partial charge in [-0.25, -0.2) is 0 Å². The summed E-state index contributed by atoms with van der Waals surface area (Å²) in [6.07, 6.45) is 2.70. The highest BCUT2D eigenvalue weighted by Crippen LogP contribution is 2.24. The summed E-state index contributed by atoms with van der Waals surface area (Å²) in [5.41, 5.74) is 13.6. The summed E-state index contributed by atoms with van der Waals surface area (Å²) in [6, 6.07) is 16.8. The maximum absolute atomic E-state index is 13.9.